The summed E-state index contributed by atoms with van der Waals surface area (Å²) in [7, 11) is 0. The van der Waals surface area contributed by atoms with Gasteiger partial charge in [-0.1, -0.05) is 30.0 Å². The molecular weight excluding hydrogens is 514 g/mol. The van der Waals surface area contributed by atoms with Crippen LogP contribution in [0.3, 0.4) is 0 Å². The van der Waals surface area contributed by atoms with Gasteiger partial charge in [0.05, 0.1) is 22.3 Å². The molecule has 1 unspecified atom stereocenters. The van der Waals surface area contributed by atoms with Crippen LogP contribution in [0.1, 0.15) is 70.8 Å². The standard InChI is InChI=1S/C25H31N5O5S2/c1-7-30-22(16(6)35-17-11-9-8-10-14(17)4)28-29-25(30)36-12-18(31)27-23-19(24(33)34-13(2)3)15(5)20(37-23)21(26)32/h8-11,13,16H,7,12H2,1-6H3,(H2,26,32)(H,27,31). The largest absolute Gasteiger partial charge is 0.482 e. The lowest BCUT2D eigenvalue weighted by Gasteiger charge is -2.17. The molecule has 0 aliphatic carbocycles. The lowest BCUT2D eigenvalue weighted by molar-refractivity contribution is -0.113. The number of hydrogen-bond acceptors (Lipinski definition) is 9. The summed E-state index contributed by atoms with van der Waals surface area (Å²) in [5.41, 5.74) is 6.98. The predicted molar refractivity (Wildman–Crippen MR) is 143 cm³/mol. The number of carbonyl (C=O) groups excluding carboxylic acids is 3. The first kappa shape index (κ1) is 28.2. The van der Waals surface area contributed by atoms with Crippen molar-refractivity contribution in [2.24, 2.45) is 5.73 Å². The summed E-state index contributed by atoms with van der Waals surface area (Å²) < 4.78 is 13.3. The fourth-order valence-electron chi connectivity index (χ4n) is 3.58. The van der Waals surface area contributed by atoms with Gasteiger partial charge >= 0.3 is 5.97 Å². The molecule has 0 saturated carbocycles. The van der Waals surface area contributed by atoms with Crippen LogP contribution in [-0.4, -0.2) is 44.4 Å². The zero-order chi connectivity index (χ0) is 27.3. The third-order valence-electron chi connectivity index (χ3n) is 5.33. The molecule has 0 aliphatic rings. The van der Waals surface area contributed by atoms with Crippen molar-refractivity contribution in [1.82, 2.24) is 14.8 Å². The first-order valence-corrected chi connectivity index (χ1v) is 13.6. The number of rotatable bonds is 11. The van der Waals surface area contributed by atoms with Crippen LogP contribution in [0.4, 0.5) is 5.00 Å². The van der Waals surface area contributed by atoms with E-state index < -0.39 is 11.9 Å². The highest BCUT2D eigenvalue weighted by molar-refractivity contribution is 7.99. The molecule has 2 heterocycles. The molecule has 0 bridgehead atoms. The van der Waals surface area contributed by atoms with Gasteiger partial charge in [-0.2, -0.15) is 0 Å². The Balaban J connectivity index is 1.73. The fraction of sp³-hybridized carbons (Fsp3) is 0.400. The van der Waals surface area contributed by atoms with E-state index in [0.29, 0.717) is 23.1 Å². The van der Waals surface area contributed by atoms with Gasteiger partial charge in [-0.25, -0.2) is 4.79 Å². The van der Waals surface area contributed by atoms with Crippen molar-refractivity contribution in [3.8, 4) is 5.75 Å². The van der Waals surface area contributed by atoms with Crippen molar-refractivity contribution in [3.63, 3.8) is 0 Å². The van der Waals surface area contributed by atoms with Crippen LogP contribution in [0.2, 0.25) is 0 Å². The number of aryl methyl sites for hydroxylation is 1. The normalized spacial score (nSPS) is 11.9. The van der Waals surface area contributed by atoms with E-state index in [4.69, 9.17) is 15.2 Å². The highest BCUT2D eigenvalue weighted by Gasteiger charge is 2.27. The number of anilines is 1. The molecule has 1 atom stereocenters. The minimum Gasteiger partial charge on any atom is -0.482 e. The average molecular weight is 546 g/mol. The number of aromatic nitrogens is 3. The molecule has 10 nitrogen and oxygen atoms in total. The summed E-state index contributed by atoms with van der Waals surface area (Å²) in [4.78, 5) is 37.5. The van der Waals surface area contributed by atoms with E-state index in [0.717, 1.165) is 22.6 Å². The molecule has 3 aromatic rings. The molecule has 0 fully saturated rings. The number of thiophene rings is 1. The van der Waals surface area contributed by atoms with Crippen LogP contribution in [0.15, 0.2) is 29.4 Å². The second-order valence-corrected chi connectivity index (χ2v) is 10.5. The average Bonchev–Trinajstić information content (AvgIpc) is 3.39. The number of nitrogens with zero attached hydrogens (tertiary/aromatic N) is 3. The van der Waals surface area contributed by atoms with Crippen molar-refractivity contribution in [2.75, 3.05) is 11.1 Å². The number of hydrogen-bond donors (Lipinski definition) is 2. The first-order chi connectivity index (χ1) is 17.5. The minimum absolute atomic E-state index is 0.00663. The van der Waals surface area contributed by atoms with E-state index in [1.165, 1.54) is 11.8 Å². The molecule has 198 valence electrons. The van der Waals surface area contributed by atoms with Crippen molar-refractivity contribution < 1.29 is 23.9 Å². The molecule has 37 heavy (non-hydrogen) atoms. The number of primary amides is 1. The van der Waals surface area contributed by atoms with Crippen LogP contribution in [0.25, 0.3) is 0 Å². The van der Waals surface area contributed by atoms with Crippen molar-refractivity contribution >= 4 is 45.9 Å². The SMILES string of the molecule is CCn1c(SCC(=O)Nc2sc(C(N)=O)c(C)c2C(=O)OC(C)C)nnc1C(C)Oc1ccccc1C. The third-order valence-corrected chi connectivity index (χ3v) is 7.51. The van der Waals surface area contributed by atoms with Gasteiger partial charge < -0.3 is 25.1 Å². The maximum Gasteiger partial charge on any atom is 0.341 e. The first-order valence-electron chi connectivity index (χ1n) is 11.8. The lowest BCUT2D eigenvalue weighted by atomic mass is 10.1. The van der Waals surface area contributed by atoms with Gasteiger partial charge in [-0.05, 0) is 58.7 Å². The number of thioether (sulfide) groups is 1. The zero-order valence-corrected chi connectivity index (χ0v) is 23.3. The second-order valence-electron chi connectivity index (χ2n) is 8.53. The summed E-state index contributed by atoms with van der Waals surface area (Å²) in [6, 6.07) is 7.74. The molecule has 2 amide bonds. The Morgan fingerprint density at radius 2 is 1.86 bits per heavy atom. The lowest BCUT2D eigenvalue weighted by Crippen LogP contribution is -2.18. The molecule has 0 aliphatic heterocycles. The summed E-state index contributed by atoms with van der Waals surface area (Å²) in [6.07, 6.45) is -0.720. The fourth-order valence-corrected chi connectivity index (χ4v) is 5.46. The molecule has 2 aromatic heterocycles. The van der Waals surface area contributed by atoms with Gasteiger partial charge in [-0.3, -0.25) is 9.59 Å². The molecule has 0 spiro atoms. The van der Waals surface area contributed by atoms with Gasteiger partial charge in [0.2, 0.25) is 5.91 Å². The van der Waals surface area contributed by atoms with Crippen LogP contribution in [-0.2, 0) is 16.1 Å². The Bertz CT molecular complexity index is 1300. The monoisotopic (exact) mass is 545 g/mol. The zero-order valence-electron chi connectivity index (χ0n) is 21.7. The van der Waals surface area contributed by atoms with E-state index >= 15 is 0 Å². The minimum atomic E-state index is -0.679. The van der Waals surface area contributed by atoms with E-state index in [1.807, 2.05) is 49.6 Å². The quantitative estimate of drug-likeness (QED) is 0.265. The van der Waals surface area contributed by atoms with Gasteiger partial charge in [0, 0.05) is 6.54 Å². The summed E-state index contributed by atoms with van der Waals surface area (Å²) in [5, 5.41) is 12.1. The number of esters is 1. The third kappa shape index (κ3) is 6.69. The van der Waals surface area contributed by atoms with Crippen molar-refractivity contribution in [2.45, 2.75) is 65.5 Å². The van der Waals surface area contributed by atoms with Crippen LogP contribution >= 0.6 is 23.1 Å². The van der Waals surface area contributed by atoms with E-state index in [2.05, 4.69) is 15.5 Å². The topological polar surface area (TPSA) is 138 Å². The van der Waals surface area contributed by atoms with E-state index in [9.17, 15) is 14.4 Å². The molecular formula is C25H31N5O5S2. The highest BCUT2D eigenvalue weighted by Crippen LogP contribution is 2.34. The molecule has 0 saturated heterocycles. The van der Waals surface area contributed by atoms with Gasteiger partial charge in [0.25, 0.3) is 5.91 Å². The predicted octanol–water partition coefficient (Wildman–Crippen LogP) is 4.51. The Morgan fingerprint density at radius 1 is 1.16 bits per heavy atom. The number of para-hydroxylation sites is 1. The van der Waals surface area contributed by atoms with Gasteiger partial charge in [-0.15, -0.1) is 21.5 Å². The van der Waals surface area contributed by atoms with Crippen molar-refractivity contribution in [1.29, 1.82) is 0 Å². The Labute approximate surface area is 223 Å². The van der Waals surface area contributed by atoms with Gasteiger partial charge in [0.1, 0.15) is 10.8 Å². The maximum absolute atomic E-state index is 12.8. The van der Waals surface area contributed by atoms with E-state index in [-0.39, 0.29) is 39.3 Å². The Hall–Kier alpha value is -3.38. The molecule has 1 aromatic carbocycles. The highest BCUT2D eigenvalue weighted by atomic mass is 32.2. The second kappa shape index (κ2) is 12.2. The number of nitrogens with one attached hydrogen (secondary N) is 1. The maximum atomic E-state index is 12.8. The number of amides is 2. The molecule has 3 N–H and O–H groups in total. The smallest absolute Gasteiger partial charge is 0.341 e. The molecule has 3 rings (SSSR count). The number of ether oxygens (including phenoxy) is 2. The number of benzene rings is 1. The van der Waals surface area contributed by atoms with Gasteiger partial charge in [0.15, 0.2) is 17.1 Å². The molecule has 12 heteroatoms. The van der Waals surface area contributed by atoms with Crippen LogP contribution < -0.4 is 15.8 Å². The summed E-state index contributed by atoms with van der Waals surface area (Å²) in [6.45, 7) is 11.5. The summed E-state index contributed by atoms with van der Waals surface area (Å²) >= 11 is 2.16. The van der Waals surface area contributed by atoms with Crippen LogP contribution in [0.5, 0.6) is 5.75 Å². The summed E-state index contributed by atoms with van der Waals surface area (Å²) in [5.74, 6) is -0.266. The number of carbonyl (C=O) groups is 3. The Morgan fingerprint density at radius 3 is 2.49 bits per heavy atom. The number of nitrogens with two attached hydrogens (primary N) is 1. The van der Waals surface area contributed by atoms with Crippen LogP contribution in [0, 0.1) is 13.8 Å². The van der Waals surface area contributed by atoms with Crippen molar-refractivity contribution in [3.05, 3.63) is 51.7 Å². The molecule has 0 radical (unpaired) electrons. The Kier molecular flexibility index (Phi) is 9.33. The van der Waals surface area contributed by atoms with E-state index in [1.54, 1.807) is 20.8 Å².